The highest BCUT2D eigenvalue weighted by Crippen LogP contribution is 2.46. The molecular formula is C76H88N24O9. The van der Waals surface area contributed by atoms with Crippen molar-refractivity contribution in [3.63, 3.8) is 0 Å². The van der Waals surface area contributed by atoms with E-state index in [0.717, 1.165) is 106 Å². The van der Waals surface area contributed by atoms with Crippen LogP contribution >= 0.6 is 0 Å². The molecule has 13 N–H and O–H groups in total. The number of benzene rings is 3. The fraction of sp³-hybridized carbons (Fsp3) is 0.355. The Kier molecular flexibility index (Phi) is 22.1. The summed E-state index contributed by atoms with van der Waals surface area (Å²) in [4.78, 5) is 29.3. The Morgan fingerprint density at radius 2 is 0.853 bits per heavy atom. The number of hydrogen-bond acceptors (Lipinski definition) is 24. The molecule has 0 spiro atoms. The van der Waals surface area contributed by atoms with Gasteiger partial charge in [-0.3, -0.25) is 14.9 Å². The van der Waals surface area contributed by atoms with E-state index in [0.29, 0.717) is 118 Å². The van der Waals surface area contributed by atoms with Gasteiger partial charge in [-0.1, -0.05) is 64.9 Å². The van der Waals surface area contributed by atoms with Gasteiger partial charge in [0.25, 0.3) is 0 Å². The van der Waals surface area contributed by atoms with Crippen LogP contribution in [-0.4, -0.2) is 172 Å². The van der Waals surface area contributed by atoms with Crippen molar-refractivity contribution in [2.75, 3.05) is 78.2 Å². The van der Waals surface area contributed by atoms with Crippen LogP contribution < -0.4 is 34.4 Å². The molecule has 0 aliphatic heterocycles. The van der Waals surface area contributed by atoms with E-state index in [-0.39, 0.29) is 29.4 Å². The van der Waals surface area contributed by atoms with E-state index >= 15 is 0 Å². The number of amidine groups is 2. The Labute approximate surface area is 625 Å². The summed E-state index contributed by atoms with van der Waals surface area (Å²) >= 11 is 0. The first kappa shape index (κ1) is 73.9. The monoisotopic (exact) mass is 1480 g/mol. The van der Waals surface area contributed by atoms with E-state index in [1.807, 2.05) is 148 Å². The number of para-hydroxylation sites is 3. The third-order valence-electron chi connectivity index (χ3n) is 20.9. The van der Waals surface area contributed by atoms with Gasteiger partial charge in [-0.2, -0.15) is 44.1 Å². The zero-order valence-corrected chi connectivity index (χ0v) is 60.8. The number of anilines is 3. The zero-order chi connectivity index (χ0) is 75.7. The maximum absolute atomic E-state index is 11.7. The zero-order valence-electron chi connectivity index (χ0n) is 60.8. The van der Waals surface area contributed by atoms with E-state index < -0.39 is 22.6 Å². The summed E-state index contributed by atoms with van der Waals surface area (Å²) in [6.07, 6.45) is 25.0. The van der Waals surface area contributed by atoms with Crippen molar-refractivity contribution in [3.05, 3.63) is 198 Å². The van der Waals surface area contributed by atoms with Crippen molar-refractivity contribution in [1.82, 2.24) is 83.3 Å². The number of nitrogens with zero attached hydrogens (tertiary/aromatic N) is 17. The molecule has 13 aromatic rings. The normalized spacial score (nSPS) is 20.2. The van der Waals surface area contributed by atoms with Crippen LogP contribution in [-0.2, 0) is 34.0 Å². The van der Waals surface area contributed by atoms with E-state index in [9.17, 15) is 10.0 Å². The number of aromatic nitrogens is 17. The second kappa shape index (κ2) is 32.6. The molecule has 3 saturated carbocycles. The minimum atomic E-state index is -0.812. The van der Waals surface area contributed by atoms with Crippen molar-refractivity contribution in [1.29, 1.82) is 5.41 Å². The molecule has 16 rings (SSSR count). The lowest BCUT2D eigenvalue weighted by Crippen LogP contribution is -2.49. The van der Waals surface area contributed by atoms with Gasteiger partial charge in [-0.15, -0.1) is 0 Å². The lowest BCUT2D eigenvalue weighted by molar-refractivity contribution is -0.0987. The highest BCUT2D eigenvalue weighted by Gasteiger charge is 2.44. The van der Waals surface area contributed by atoms with Crippen LogP contribution in [0.1, 0.15) is 118 Å². The van der Waals surface area contributed by atoms with Crippen molar-refractivity contribution in [2.24, 2.45) is 16.6 Å². The van der Waals surface area contributed by atoms with Crippen LogP contribution in [0.15, 0.2) is 179 Å². The van der Waals surface area contributed by atoms with E-state index in [1.54, 1.807) is 65.9 Å². The summed E-state index contributed by atoms with van der Waals surface area (Å²) in [6, 6.07) is 35.4. The smallest absolute Gasteiger partial charge is 0.409 e. The topological polar surface area (TPSA) is 445 Å². The van der Waals surface area contributed by atoms with Crippen molar-refractivity contribution in [3.8, 4) is 50.4 Å². The first-order valence-electron chi connectivity index (χ1n) is 36.1. The van der Waals surface area contributed by atoms with Crippen LogP contribution in [0, 0.1) is 5.41 Å². The molecule has 0 saturated heterocycles. The van der Waals surface area contributed by atoms with Gasteiger partial charge >= 0.3 is 5.76 Å². The van der Waals surface area contributed by atoms with Gasteiger partial charge in [0.15, 0.2) is 28.6 Å². The summed E-state index contributed by atoms with van der Waals surface area (Å²) in [5.74, 6) is 2.03. The Balaban J connectivity index is 0.000000137. The number of nitrogens with two attached hydrogens (primary N) is 5. The molecule has 3 aliphatic rings. The predicted octanol–water partition coefficient (Wildman–Crippen LogP) is 9.19. The van der Waals surface area contributed by atoms with E-state index in [2.05, 4.69) is 45.9 Å². The lowest BCUT2D eigenvalue weighted by atomic mass is 9.76. The second-order valence-corrected chi connectivity index (χ2v) is 27.4. The summed E-state index contributed by atoms with van der Waals surface area (Å²) < 4.78 is 48.8. The molecule has 10 heterocycles. The third kappa shape index (κ3) is 15.6. The molecular weight excluding hydrogens is 1390 g/mol. The summed E-state index contributed by atoms with van der Waals surface area (Å²) in [5.41, 5.74) is 41.9. The number of H-pyrrole nitrogens is 1. The molecule has 3 aromatic carbocycles. The van der Waals surface area contributed by atoms with Crippen molar-refractivity contribution < 1.29 is 38.2 Å². The summed E-state index contributed by atoms with van der Waals surface area (Å²) in [6.45, 7) is 2.50. The molecule has 0 bridgehead atoms. The number of nitrogens with one attached hydrogen (secondary N) is 2. The van der Waals surface area contributed by atoms with Gasteiger partial charge < -0.3 is 62.3 Å². The van der Waals surface area contributed by atoms with E-state index in [4.69, 9.17) is 82.0 Å². The average molecular weight is 1480 g/mol. The second-order valence-electron chi connectivity index (χ2n) is 27.4. The number of methoxy groups -OCH3 is 3. The SMILES string of the molecule is COCCOC1(/C(N)=N/O)CCC(c2cc(N)n3ncc(-c4cnn(-c5ccccc5)c4)c3n2)CC1.COCCOC1(C(=N)N)CCC(c2cc(N)n3ncc(-c4cnn(-c5ccccc5)c4)c3n2)CC1.COCCOC1(c2noc(=O)[nH]2)CCC(c2cc(N)n3ncc(-c4cnn(-c5ccccc5)c4)c3n2)CC1. The number of rotatable bonds is 24. The first-order valence-corrected chi connectivity index (χ1v) is 36.1. The number of fused-ring (bicyclic) bond motifs is 3. The molecule has 3 fully saturated rings. The number of oxime groups is 1. The Morgan fingerprint density at radius 1 is 0.505 bits per heavy atom. The maximum Gasteiger partial charge on any atom is 0.439 e. The number of hydrogen-bond donors (Lipinski definition) is 8. The van der Waals surface area contributed by atoms with Crippen molar-refractivity contribution in [2.45, 2.75) is 112 Å². The number of nitrogen functional groups attached to an aromatic ring is 3. The van der Waals surface area contributed by atoms with Gasteiger partial charge in [-0.25, -0.2) is 33.8 Å². The molecule has 0 amide bonds. The first-order chi connectivity index (χ1) is 53.1. The molecule has 33 heteroatoms. The van der Waals surface area contributed by atoms with Crippen LogP contribution in [0.3, 0.4) is 0 Å². The molecule has 0 radical (unpaired) electrons. The largest absolute Gasteiger partial charge is 0.439 e. The predicted molar refractivity (Wildman–Crippen MR) is 407 cm³/mol. The molecule has 10 aromatic heterocycles. The number of aromatic amines is 1. The van der Waals surface area contributed by atoms with Crippen LogP contribution in [0.2, 0.25) is 0 Å². The number of ether oxygens (including phenoxy) is 6. The minimum absolute atomic E-state index is 0.0727. The molecule has 566 valence electrons. The Hall–Kier alpha value is -12.0. The molecule has 0 unspecified atom stereocenters. The standard InChI is InChI=1S/C26H28N8O4.C25H30N8O3.C25H30N8O2/c1-36-11-12-37-26(24-31-25(35)38-32-24)9-7-17(8-10-26)21-13-22(27)34-23(30-21)20(15-29-34)18-14-28-33(16-18)19-5-3-2-4-6-19;1-35-11-12-36-25(24(27)31-34)9-7-17(8-10-25)21-13-22(26)33-23(30-21)20(15-29-33)18-14-28-32(16-18)19-5-3-2-4-6-19;1-34-11-12-35-25(24(27)28)9-7-17(8-10-25)21-13-22(26)33-23(31-21)20(15-30-33)18-14-29-32(16-18)19-5-3-2-4-6-19/h2-6,13-17H,7-12,27H2,1H3,(H,31,32,35);2-6,13-17,34H,7-12,26H2,1H3,(H2,27,31);2-6,13-17H,7-12,26H2,1H3,(H3,27,28). The summed E-state index contributed by atoms with van der Waals surface area (Å²) in [7, 11) is 4.86. The van der Waals surface area contributed by atoms with Gasteiger partial charge in [0.05, 0.1) is 93.9 Å². The molecule has 33 nitrogen and oxygen atoms in total. The summed E-state index contributed by atoms with van der Waals surface area (Å²) in [5, 5.41) is 51.6. The molecule has 0 atom stereocenters. The molecule has 109 heavy (non-hydrogen) atoms. The lowest BCUT2D eigenvalue weighted by Gasteiger charge is -2.39. The molecule has 3 aliphatic carbocycles. The highest BCUT2D eigenvalue weighted by molar-refractivity contribution is 5.89. The fourth-order valence-electron chi connectivity index (χ4n) is 14.8. The van der Waals surface area contributed by atoms with Crippen LogP contribution in [0.4, 0.5) is 17.5 Å². The quantitative estimate of drug-likeness (QED) is 0.00918. The Morgan fingerprint density at radius 3 is 1.19 bits per heavy atom. The van der Waals surface area contributed by atoms with Crippen molar-refractivity contribution >= 4 is 46.1 Å². The maximum atomic E-state index is 11.7. The van der Waals surface area contributed by atoms with Crippen LogP contribution in [0.25, 0.3) is 67.4 Å². The third-order valence-corrected chi connectivity index (χ3v) is 20.9. The Bertz CT molecular complexity index is 5310. The highest BCUT2D eigenvalue weighted by atomic mass is 16.6. The fourth-order valence-corrected chi connectivity index (χ4v) is 14.8. The van der Waals surface area contributed by atoms with Gasteiger partial charge in [-0.05, 0) is 113 Å². The van der Waals surface area contributed by atoms with E-state index in [1.165, 1.54) is 0 Å². The van der Waals surface area contributed by atoms with Crippen LogP contribution in [0.5, 0.6) is 0 Å². The van der Waals surface area contributed by atoms with Gasteiger partial charge in [0.2, 0.25) is 0 Å². The van der Waals surface area contributed by atoms with Gasteiger partial charge in [0.1, 0.15) is 40.1 Å². The van der Waals surface area contributed by atoms with Gasteiger partial charge in [0, 0.05) is 126 Å². The minimum Gasteiger partial charge on any atom is -0.409 e. The average Bonchev–Trinajstić information content (AvgIpc) is 1.67.